The topological polar surface area (TPSA) is 46.4 Å². The second-order valence-electron chi connectivity index (χ2n) is 4.01. The Hall–Kier alpha value is -1.58. The zero-order valence-corrected chi connectivity index (χ0v) is 8.93. The van der Waals surface area contributed by atoms with Gasteiger partial charge < -0.3 is 4.90 Å². The lowest BCUT2D eigenvalue weighted by Crippen LogP contribution is -2.34. The number of nitro groups is 1. The van der Waals surface area contributed by atoms with Gasteiger partial charge in [-0.15, -0.1) is 0 Å². The highest BCUT2D eigenvalue weighted by molar-refractivity contribution is 5.46. The normalized spacial score (nSPS) is 25.1. The molecule has 0 spiro atoms. The van der Waals surface area contributed by atoms with E-state index in [0.717, 1.165) is 17.7 Å². The highest BCUT2D eigenvalue weighted by Crippen LogP contribution is 2.32. The lowest BCUT2D eigenvalue weighted by molar-refractivity contribution is -0.429. The van der Waals surface area contributed by atoms with Crippen LogP contribution in [0.5, 0.6) is 0 Å². The Morgan fingerprint density at radius 1 is 1.60 bits per heavy atom. The van der Waals surface area contributed by atoms with E-state index < -0.39 is 0 Å². The van der Waals surface area contributed by atoms with E-state index in [1.165, 1.54) is 0 Å². The van der Waals surface area contributed by atoms with Gasteiger partial charge in [0.25, 0.3) is 5.70 Å². The highest BCUT2D eigenvalue weighted by atomic mass is 16.6. The number of rotatable bonds is 1. The summed E-state index contributed by atoms with van der Waals surface area (Å²) in [5.74, 6) is 0. The first-order valence-electron chi connectivity index (χ1n) is 5.08. The Bertz CT molecular complexity index is 393. The fourth-order valence-electron chi connectivity index (χ4n) is 2.05. The summed E-state index contributed by atoms with van der Waals surface area (Å²) < 4.78 is 0. The highest BCUT2D eigenvalue weighted by Gasteiger charge is 2.30. The minimum absolute atomic E-state index is 0.263. The van der Waals surface area contributed by atoms with Gasteiger partial charge in [-0.1, -0.05) is 18.2 Å². The summed E-state index contributed by atoms with van der Waals surface area (Å²) in [6.45, 7) is 2.08. The summed E-state index contributed by atoms with van der Waals surface area (Å²) in [5.41, 5.74) is 2.10. The van der Waals surface area contributed by atoms with Crippen LogP contribution in [0.2, 0.25) is 0 Å². The largest absolute Gasteiger partial charge is 0.366 e. The third-order valence-electron chi connectivity index (χ3n) is 3.07. The molecule has 0 fully saturated rings. The molecule has 0 aromatic rings. The molecule has 1 atom stereocenters. The van der Waals surface area contributed by atoms with Crippen molar-refractivity contribution in [1.82, 2.24) is 4.90 Å². The molecule has 0 N–H and O–H groups in total. The van der Waals surface area contributed by atoms with E-state index in [2.05, 4.69) is 13.0 Å². The molecule has 4 heteroatoms. The maximum Gasteiger partial charge on any atom is 0.273 e. The molecule has 15 heavy (non-hydrogen) atoms. The molecule has 0 saturated carbocycles. The van der Waals surface area contributed by atoms with Crippen molar-refractivity contribution >= 4 is 0 Å². The third-order valence-corrected chi connectivity index (χ3v) is 3.07. The zero-order valence-electron chi connectivity index (χ0n) is 8.93. The molecule has 1 aliphatic heterocycles. The molecule has 80 valence electrons. The van der Waals surface area contributed by atoms with Gasteiger partial charge in [-0.05, 0) is 13.3 Å². The second-order valence-corrected chi connectivity index (χ2v) is 4.01. The zero-order chi connectivity index (χ0) is 11.0. The number of fused-ring (bicyclic) bond motifs is 1. The molecule has 0 bridgehead atoms. The predicted octanol–water partition coefficient (Wildman–Crippen LogP) is 2.08. The van der Waals surface area contributed by atoms with Crippen LogP contribution in [-0.4, -0.2) is 22.9 Å². The Morgan fingerprint density at radius 2 is 2.33 bits per heavy atom. The quantitative estimate of drug-likeness (QED) is 0.487. The van der Waals surface area contributed by atoms with Crippen LogP contribution in [0, 0.1) is 10.1 Å². The summed E-state index contributed by atoms with van der Waals surface area (Å²) in [6, 6.07) is 0.338. The first kappa shape index (κ1) is 9.96. The number of hydrogen-bond donors (Lipinski definition) is 0. The van der Waals surface area contributed by atoms with E-state index in [-0.39, 0.29) is 4.92 Å². The SMILES string of the molecule is CC1CC=C2C=CCC([N+](=O)[O-])=C2N1C. The van der Waals surface area contributed by atoms with Crippen LogP contribution in [0.25, 0.3) is 0 Å². The van der Waals surface area contributed by atoms with Gasteiger partial charge in [-0.2, -0.15) is 0 Å². The van der Waals surface area contributed by atoms with Gasteiger partial charge in [-0.25, -0.2) is 0 Å². The summed E-state index contributed by atoms with van der Waals surface area (Å²) in [5, 5.41) is 10.9. The van der Waals surface area contributed by atoms with Crippen molar-refractivity contribution in [2.24, 2.45) is 0 Å². The monoisotopic (exact) mass is 206 g/mol. The molecule has 1 aliphatic carbocycles. The maximum atomic E-state index is 10.9. The average molecular weight is 206 g/mol. The van der Waals surface area contributed by atoms with Crippen molar-refractivity contribution in [3.63, 3.8) is 0 Å². The molecule has 2 aliphatic rings. The summed E-state index contributed by atoms with van der Waals surface area (Å²) in [4.78, 5) is 12.7. The fraction of sp³-hybridized carbons (Fsp3) is 0.455. The van der Waals surface area contributed by atoms with E-state index in [4.69, 9.17) is 0 Å². The van der Waals surface area contributed by atoms with Crippen molar-refractivity contribution in [2.75, 3.05) is 7.05 Å². The molecule has 1 unspecified atom stereocenters. The van der Waals surface area contributed by atoms with Gasteiger partial charge in [0.15, 0.2) is 0 Å². The van der Waals surface area contributed by atoms with E-state index in [1.807, 2.05) is 24.1 Å². The van der Waals surface area contributed by atoms with E-state index in [0.29, 0.717) is 18.2 Å². The third kappa shape index (κ3) is 1.56. The lowest BCUT2D eigenvalue weighted by atomic mass is 9.94. The van der Waals surface area contributed by atoms with Gasteiger partial charge in [-0.3, -0.25) is 10.1 Å². The predicted molar refractivity (Wildman–Crippen MR) is 57.7 cm³/mol. The summed E-state index contributed by atoms with van der Waals surface area (Å²) in [7, 11) is 1.93. The maximum absolute atomic E-state index is 10.9. The van der Waals surface area contributed by atoms with Gasteiger partial charge in [0.05, 0.1) is 11.3 Å². The minimum atomic E-state index is -0.263. The molecule has 2 rings (SSSR count). The van der Waals surface area contributed by atoms with Crippen LogP contribution in [-0.2, 0) is 0 Å². The molecule has 1 heterocycles. The first-order chi connectivity index (χ1) is 7.11. The van der Waals surface area contributed by atoms with Crippen molar-refractivity contribution in [2.45, 2.75) is 25.8 Å². The van der Waals surface area contributed by atoms with Gasteiger partial charge >= 0.3 is 0 Å². The number of likely N-dealkylation sites (N-methyl/N-ethyl adjacent to an activating group) is 1. The number of hydrogen-bond acceptors (Lipinski definition) is 3. The van der Waals surface area contributed by atoms with Crippen LogP contribution in [0.1, 0.15) is 19.8 Å². The van der Waals surface area contributed by atoms with E-state index in [1.54, 1.807) is 0 Å². The molecule has 0 aromatic heterocycles. The Kier molecular flexibility index (Phi) is 2.34. The smallest absolute Gasteiger partial charge is 0.273 e. The van der Waals surface area contributed by atoms with Crippen LogP contribution in [0.4, 0.5) is 0 Å². The van der Waals surface area contributed by atoms with Crippen molar-refractivity contribution in [3.8, 4) is 0 Å². The van der Waals surface area contributed by atoms with E-state index >= 15 is 0 Å². The first-order valence-corrected chi connectivity index (χ1v) is 5.08. The van der Waals surface area contributed by atoms with Crippen molar-refractivity contribution in [3.05, 3.63) is 45.3 Å². The minimum Gasteiger partial charge on any atom is -0.366 e. The van der Waals surface area contributed by atoms with Crippen molar-refractivity contribution in [1.29, 1.82) is 0 Å². The van der Waals surface area contributed by atoms with Crippen LogP contribution in [0.3, 0.4) is 0 Å². The number of allylic oxidation sites excluding steroid dienone is 2. The Balaban J connectivity index is 2.51. The fourth-order valence-corrected chi connectivity index (χ4v) is 2.05. The van der Waals surface area contributed by atoms with Crippen LogP contribution < -0.4 is 0 Å². The van der Waals surface area contributed by atoms with Crippen LogP contribution >= 0.6 is 0 Å². The van der Waals surface area contributed by atoms with E-state index in [9.17, 15) is 10.1 Å². The molecule has 0 aromatic carbocycles. The molecular weight excluding hydrogens is 192 g/mol. The lowest BCUT2D eigenvalue weighted by Gasteiger charge is -2.34. The Labute approximate surface area is 88.7 Å². The number of nitrogens with zero attached hydrogens (tertiary/aromatic N) is 2. The molecule has 0 saturated heterocycles. The average Bonchev–Trinajstić information content (AvgIpc) is 2.23. The molecule has 0 radical (unpaired) electrons. The second kappa shape index (κ2) is 3.53. The Morgan fingerprint density at radius 3 is 3.00 bits per heavy atom. The standard InChI is InChI=1S/C11H14N2O2/c1-8-6-7-9-4-3-5-10(13(14)15)11(9)12(8)2/h3-4,7-8H,5-6H2,1-2H3. The van der Waals surface area contributed by atoms with Crippen molar-refractivity contribution < 1.29 is 4.92 Å². The van der Waals surface area contributed by atoms with Gasteiger partial charge in [0.2, 0.25) is 0 Å². The van der Waals surface area contributed by atoms with Gasteiger partial charge in [0, 0.05) is 18.7 Å². The summed E-state index contributed by atoms with van der Waals surface area (Å²) >= 11 is 0. The molecule has 0 amide bonds. The van der Waals surface area contributed by atoms with Crippen LogP contribution in [0.15, 0.2) is 35.2 Å². The molecule has 4 nitrogen and oxygen atoms in total. The van der Waals surface area contributed by atoms with Gasteiger partial charge in [0.1, 0.15) is 5.70 Å². The summed E-state index contributed by atoms with van der Waals surface area (Å²) in [6.07, 6.45) is 7.29. The molecular formula is C11H14N2O2.